The number of aliphatic hydroxyl groups is 1. The van der Waals surface area contributed by atoms with Crippen LogP contribution in [-0.4, -0.2) is 31.8 Å². The van der Waals surface area contributed by atoms with Gasteiger partial charge in [-0.2, -0.15) is 9.97 Å². The minimum atomic E-state index is -0.925. The Labute approximate surface area is 115 Å². The molecule has 1 saturated heterocycles. The van der Waals surface area contributed by atoms with E-state index in [0.29, 0.717) is 29.7 Å². The lowest BCUT2D eigenvalue weighted by atomic mass is 10.0. The van der Waals surface area contributed by atoms with Gasteiger partial charge in [0, 0.05) is 6.20 Å². The van der Waals surface area contributed by atoms with Gasteiger partial charge in [0.15, 0.2) is 5.60 Å². The smallest absolute Gasteiger partial charge is 0.223 e. The third kappa shape index (κ3) is 1.78. The van der Waals surface area contributed by atoms with E-state index in [1.54, 1.807) is 0 Å². The van der Waals surface area contributed by atoms with E-state index in [1.807, 2.05) is 16.8 Å². The van der Waals surface area contributed by atoms with E-state index >= 15 is 0 Å². The SMILES string of the molecule is C#CC1(CO)CCC(n2ccc3c(N)nc(N)nc32)O1. The third-order valence-corrected chi connectivity index (χ3v) is 3.60. The monoisotopic (exact) mass is 273 g/mol. The van der Waals surface area contributed by atoms with Crippen molar-refractivity contribution in [1.82, 2.24) is 14.5 Å². The maximum atomic E-state index is 9.39. The molecule has 0 bridgehead atoms. The van der Waals surface area contributed by atoms with E-state index < -0.39 is 5.60 Å². The quantitative estimate of drug-likeness (QED) is 0.677. The van der Waals surface area contributed by atoms with E-state index in [4.69, 9.17) is 22.6 Å². The predicted molar refractivity (Wildman–Crippen MR) is 74.4 cm³/mol. The zero-order valence-electron chi connectivity index (χ0n) is 10.8. The maximum absolute atomic E-state index is 9.39. The Kier molecular flexibility index (Phi) is 2.78. The van der Waals surface area contributed by atoms with E-state index in [1.165, 1.54) is 0 Å². The highest BCUT2D eigenvalue weighted by molar-refractivity contribution is 5.87. The van der Waals surface area contributed by atoms with Gasteiger partial charge in [-0.1, -0.05) is 5.92 Å². The zero-order chi connectivity index (χ0) is 14.3. The van der Waals surface area contributed by atoms with Crippen molar-refractivity contribution in [2.24, 2.45) is 0 Å². The maximum Gasteiger partial charge on any atom is 0.223 e. The first kappa shape index (κ1) is 12.7. The van der Waals surface area contributed by atoms with Gasteiger partial charge in [0.25, 0.3) is 0 Å². The number of nitrogen functional groups attached to an aromatic ring is 2. The van der Waals surface area contributed by atoms with Gasteiger partial charge in [0.05, 0.1) is 12.0 Å². The number of fused-ring (bicyclic) bond motifs is 1. The lowest BCUT2D eigenvalue weighted by Gasteiger charge is -2.21. The molecule has 104 valence electrons. The number of aromatic nitrogens is 3. The van der Waals surface area contributed by atoms with E-state index in [2.05, 4.69) is 15.9 Å². The molecule has 5 N–H and O–H groups in total. The fraction of sp³-hybridized carbons (Fsp3) is 0.385. The summed E-state index contributed by atoms with van der Waals surface area (Å²) in [4.78, 5) is 8.12. The number of aliphatic hydroxyl groups excluding tert-OH is 1. The second-order valence-corrected chi connectivity index (χ2v) is 4.84. The number of hydrogen-bond donors (Lipinski definition) is 3. The van der Waals surface area contributed by atoms with Crippen LogP contribution in [0.25, 0.3) is 11.0 Å². The van der Waals surface area contributed by atoms with Gasteiger partial charge >= 0.3 is 0 Å². The molecular formula is C13H15N5O2. The lowest BCUT2D eigenvalue weighted by Crippen LogP contribution is -2.31. The third-order valence-electron chi connectivity index (χ3n) is 3.60. The van der Waals surface area contributed by atoms with E-state index in [0.717, 1.165) is 0 Å². The van der Waals surface area contributed by atoms with Gasteiger partial charge < -0.3 is 25.9 Å². The van der Waals surface area contributed by atoms with Crippen molar-refractivity contribution in [3.8, 4) is 12.3 Å². The first-order valence-electron chi connectivity index (χ1n) is 6.24. The Morgan fingerprint density at radius 2 is 2.35 bits per heavy atom. The molecule has 3 heterocycles. The largest absolute Gasteiger partial charge is 0.392 e. The Bertz CT molecular complexity index is 705. The molecule has 1 aliphatic rings. The van der Waals surface area contributed by atoms with Crippen LogP contribution in [0.4, 0.5) is 11.8 Å². The number of rotatable bonds is 2. The van der Waals surface area contributed by atoms with Crippen molar-refractivity contribution in [2.45, 2.75) is 24.7 Å². The van der Waals surface area contributed by atoms with E-state index in [9.17, 15) is 5.11 Å². The van der Waals surface area contributed by atoms with Gasteiger partial charge in [-0.25, -0.2) is 0 Å². The summed E-state index contributed by atoms with van der Waals surface area (Å²) in [5.74, 6) is 2.96. The molecule has 0 amide bonds. The normalized spacial score (nSPS) is 25.9. The van der Waals surface area contributed by atoms with Crippen molar-refractivity contribution >= 4 is 22.8 Å². The first-order chi connectivity index (χ1) is 9.58. The van der Waals surface area contributed by atoms with E-state index in [-0.39, 0.29) is 18.8 Å². The highest BCUT2D eigenvalue weighted by atomic mass is 16.5. The molecule has 0 aliphatic carbocycles. The highest BCUT2D eigenvalue weighted by Crippen LogP contribution is 2.37. The molecule has 2 atom stereocenters. The fourth-order valence-electron chi connectivity index (χ4n) is 2.51. The Hall–Kier alpha value is -2.30. The summed E-state index contributed by atoms with van der Waals surface area (Å²) >= 11 is 0. The molecule has 1 aliphatic heterocycles. The van der Waals surface area contributed by atoms with Crippen LogP contribution in [0, 0.1) is 12.3 Å². The topological polar surface area (TPSA) is 112 Å². The van der Waals surface area contributed by atoms with Crippen molar-refractivity contribution in [1.29, 1.82) is 0 Å². The predicted octanol–water partition coefficient (Wildman–Crippen LogP) is 0.269. The fourth-order valence-corrected chi connectivity index (χ4v) is 2.51. The number of nitrogens with two attached hydrogens (primary N) is 2. The van der Waals surface area contributed by atoms with Crippen LogP contribution in [0.5, 0.6) is 0 Å². The van der Waals surface area contributed by atoms with Gasteiger partial charge in [0.1, 0.15) is 17.7 Å². The number of hydrogen-bond acceptors (Lipinski definition) is 6. The summed E-state index contributed by atoms with van der Waals surface area (Å²) in [6, 6.07) is 1.81. The Morgan fingerprint density at radius 3 is 3.00 bits per heavy atom. The standard InChI is InChI=1S/C13H15N5O2/c1-2-13(7-19)5-3-9(20-13)18-6-4-8-10(14)16-12(15)17-11(8)18/h1,4,6,9,19H,3,5,7H2,(H4,14,15,16,17). The second-order valence-electron chi connectivity index (χ2n) is 4.84. The minimum Gasteiger partial charge on any atom is -0.392 e. The van der Waals surface area contributed by atoms with Crippen LogP contribution in [0.15, 0.2) is 12.3 Å². The van der Waals surface area contributed by atoms with Gasteiger partial charge in [-0.3, -0.25) is 0 Å². The van der Waals surface area contributed by atoms with Crippen LogP contribution in [0.1, 0.15) is 19.1 Å². The average Bonchev–Trinajstić information content (AvgIpc) is 3.02. The average molecular weight is 273 g/mol. The molecule has 2 aromatic heterocycles. The van der Waals surface area contributed by atoms with Crippen molar-refractivity contribution < 1.29 is 9.84 Å². The molecule has 0 aromatic carbocycles. The minimum absolute atomic E-state index is 0.110. The van der Waals surface area contributed by atoms with Gasteiger partial charge in [-0.05, 0) is 18.9 Å². The van der Waals surface area contributed by atoms with Gasteiger partial charge in [0.2, 0.25) is 5.95 Å². The summed E-state index contributed by atoms with van der Waals surface area (Å²) in [5.41, 5.74) is 11.1. The number of terminal acetylenes is 1. The Morgan fingerprint density at radius 1 is 1.55 bits per heavy atom. The summed E-state index contributed by atoms with van der Waals surface area (Å²) in [6.07, 6.45) is 8.22. The molecule has 0 spiro atoms. The van der Waals surface area contributed by atoms with Crippen molar-refractivity contribution in [3.63, 3.8) is 0 Å². The molecule has 2 unspecified atom stereocenters. The molecule has 7 nitrogen and oxygen atoms in total. The number of nitrogens with zero attached hydrogens (tertiary/aromatic N) is 3. The summed E-state index contributed by atoms with van der Waals surface area (Å²) < 4.78 is 7.63. The highest BCUT2D eigenvalue weighted by Gasteiger charge is 2.39. The molecule has 2 aromatic rings. The van der Waals surface area contributed by atoms with Crippen molar-refractivity contribution in [2.75, 3.05) is 18.1 Å². The van der Waals surface area contributed by atoms with Gasteiger partial charge in [-0.15, -0.1) is 6.42 Å². The summed E-state index contributed by atoms with van der Waals surface area (Å²) in [7, 11) is 0. The molecular weight excluding hydrogens is 258 g/mol. The molecule has 20 heavy (non-hydrogen) atoms. The summed E-state index contributed by atoms with van der Waals surface area (Å²) in [5, 5.41) is 10.1. The molecule has 0 saturated carbocycles. The lowest BCUT2D eigenvalue weighted by molar-refractivity contribution is -0.0615. The van der Waals surface area contributed by atoms with Crippen molar-refractivity contribution in [3.05, 3.63) is 12.3 Å². The van der Waals surface area contributed by atoms with Crippen LogP contribution < -0.4 is 11.5 Å². The summed E-state index contributed by atoms with van der Waals surface area (Å²) in [6.45, 7) is -0.210. The molecule has 1 fully saturated rings. The molecule has 7 heteroatoms. The number of ether oxygens (including phenoxy) is 1. The first-order valence-corrected chi connectivity index (χ1v) is 6.24. The Balaban J connectivity index is 2.03. The van der Waals surface area contributed by atoms with Crippen LogP contribution in [0.3, 0.4) is 0 Å². The van der Waals surface area contributed by atoms with Crippen LogP contribution in [0.2, 0.25) is 0 Å². The number of anilines is 2. The van der Waals surface area contributed by atoms with Crippen LogP contribution in [-0.2, 0) is 4.74 Å². The molecule has 3 rings (SSSR count). The van der Waals surface area contributed by atoms with Crippen LogP contribution >= 0.6 is 0 Å². The second kappa shape index (κ2) is 4.37. The molecule has 0 radical (unpaired) electrons. The zero-order valence-corrected chi connectivity index (χ0v) is 10.8.